The SMILES string of the molecule is CC(C)C(=O)NC(C)(CO)c1ccccc1. The van der Waals surface area contributed by atoms with E-state index >= 15 is 0 Å². The summed E-state index contributed by atoms with van der Waals surface area (Å²) in [5.41, 5.74) is 0.203. The summed E-state index contributed by atoms with van der Waals surface area (Å²) in [6.07, 6.45) is 0. The number of aliphatic hydroxyl groups excluding tert-OH is 1. The Balaban J connectivity index is 2.90. The lowest BCUT2D eigenvalue weighted by molar-refractivity contribution is -0.126. The third kappa shape index (κ3) is 2.83. The number of hydrogen-bond acceptors (Lipinski definition) is 2. The minimum Gasteiger partial charge on any atom is -0.394 e. The number of rotatable bonds is 4. The molecule has 0 bridgehead atoms. The first-order valence-electron chi connectivity index (χ1n) is 5.48. The summed E-state index contributed by atoms with van der Waals surface area (Å²) in [6, 6.07) is 9.49. The van der Waals surface area contributed by atoms with E-state index < -0.39 is 5.54 Å². The van der Waals surface area contributed by atoms with E-state index in [0.717, 1.165) is 5.56 Å². The van der Waals surface area contributed by atoms with E-state index in [-0.39, 0.29) is 18.4 Å². The van der Waals surface area contributed by atoms with Crippen LogP contribution in [0.5, 0.6) is 0 Å². The van der Waals surface area contributed by atoms with Crippen molar-refractivity contribution < 1.29 is 9.90 Å². The second-order valence-corrected chi connectivity index (χ2v) is 4.50. The molecule has 3 nitrogen and oxygen atoms in total. The van der Waals surface area contributed by atoms with Crippen LogP contribution in [0.15, 0.2) is 30.3 Å². The van der Waals surface area contributed by atoms with Crippen LogP contribution in [0.25, 0.3) is 0 Å². The van der Waals surface area contributed by atoms with Crippen molar-refractivity contribution in [2.24, 2.45) is 5.92 Å². The van der Waals surface area contributed by atoms with E-state index in [1.54, 1.807) is 0 Å². The van der Waals surface area contributed by atoms with Gasteiger partial charge >= 0.3 is 0 Å². The minimum atomic E-state index is -0.706. The molecule has 0 heterocycles. The smallest absolute Gasteiger partial charge is 0.223 e. The zero-order chi connectivity index (χ0) is 12.2. The molecule has 1 aromatic rings. The number of carbonyl (C=O) groups excluding carboxylic acids is 1. The van der Waals surface area contributed by atoms with Crippen molar-refractivity contribution in [3.05, 3.63) is 35.9 Å². The average Bonchev–Trinajstić information content (AvgIpc) is 2.29. The fourth-order valence-corrected chi connectivity index (χ4v) is 1.43. The van der Waals surface area contributed by atoms with Gasteiger partial charge in [-0.15, -0.1) is 0 Å². The van der Waals surface area contributed by atoms with Crippen molar-refractivity contribution in [2.45, 2.75) is 26.3 Å². The van der Waals surface area contributed by atoms with Gasteiger partial charge in [0.05, 0.1) is 12.1 Å². The predicted molar refractivity (Wildman–Crippen MR) is 63.9 cm³/mol. The molecular weight excluding hydrogens is 202 g/mol. The van der Waals surface area contributed by atoms with Crippen molar-refractivity contribution >= 4 is 5.91 Å². The van der Waals surface area contributed by atoms with Gasteiger partial charge in [-0.1, -0.05) is 44.2 Å². The van der Waals surface area contributed by atoms with Gasteiger partial charge in [0.2, 0.25) is 5.91 Å². The minimum absolute atomic E-state index is 0.0552. The molecule has 0 saturated heterocycles. The Hall–Kier alpha value is -1.35. The van der Waals surface area contributed by atoms with Gasteiger partial charge in [-0.3, -0.25) is 4.79 Å². The molecule has 0 fully saturated rings. The highest BCUT2D eigenvalue weighted by atomic mass is 16.3. The van der Waals surface area contributed by atoms with Crippen LogP contribution in [0.1, 0.15) is 26.3 Å². The molecule has 0 aromatic heterocycles. The number of benzene rings is 1. The molecule has 1 rings (SSSR count). The lowest BCUT2D eigenvalue weighted by Gasteiger charge is -2.30. The summed E-state index contributed by atoms with van der Waals surface area (Å²) in [6.45, 7) is 5.37. The fourth-order valence-electron chi connectivity index (χ4n) is 1.43. The molecule has 2 N–H and O–H groups in total. The summed E-state index contributed by atoms with van der Waals surface area (Å²) < 4.78 is 0. The Morgan fingerprint density at radius 3 is 2.38 bits per heavy atom. The highest BCUT2D eigenvalue weighted by Gasteiger charge is 2.28. The Kier molecular flexibility index (Phi) is 4.07. The van der Waals surface area contributed by atoms with Gasteiger partial charge < -0.3 is 10.4 Å². The third-order valence-corrected chi connectivity index (χ3v) is 2.65. The molecule has 1 unspecified atom stereocenters. The molecule has 0 radical (unpaired) electrons. The Labute approximate surface area is 96.5 Å². The van der Waals surface area contributed by atoms with E-state index in [9.17, 15) is 9.90 Å². The standard InChI is InChI=1S/C13H19NO2/c1-10(2)12(16)14-13(3,9-15)11-7-5-4-6-8-11/h4-8,10,15H,9H2,1-3H3,(H,14,16). The van der Waals surface area contributed by atoms with Crippen molar-refractivity contribution in [1.82, 2.24) is 5.32 Å². The molecule has 16 heavy (non-hydrogen) atoms. The molecule has 88 valence electrons. The molecular formula is C13H19NO2. The van der Waals surface area contributed by atoms with Gasteiger partial charge in [-0.25, -0.2) is 0 Å². The summed E-state index contributed by atoms with van der Waals surface area (Å²) in [5.74, 6) is -0.144. The third-order valence-electron chi connectivity index (χ3n) is 2.65. The van der Waals surface area contributed by atoms with Crippen LogP contribution in [0.2, 0.25) is 0 Å². The van der Waals surface area contributed by atoms with Crippen LogP contribution in [0, 0.1) is 5.92 Å². The first-order chi connectivity index (χ1) is 7.49. The molecule has 1 amide bonds. The van der Waals surface area contributed by atoms with Crippen LogP contribution in [0.3, 0.4) is 0 Å². The molecule has 1 aromatic carbocycles. The van der Waals surface area contributed by atoms with E-state index in [2.05, 4.69) is 5.32 Å². The monoisotopic (exact) mass is 221 g/mol. The molecule has 0 aliphatic heterocycles. The van der Waals surface area contributed by atoms with Crippen molar-refractivity contribution in [3.63, 3.8) is 0 Å². The molecule has 0 saturated carbocycles. The number of nitrogens with one attached hydrogen (secondary N) is 1. The second kappa shape index (κ2) is 5.12. The summed E-state index contributed by atoms with van der Waals surface area (Å²) in [5, 5.41) is 12.3. The average molecular weight is 221 g/mol. The Morgan fingerprint density at radius 1 is 1.38 bits per heavy atom. The summed E-state index contributed by atoms with van der Waals surface area (Å²) in [7, 11) is 0. The second-order valence-electron chi connectivity index (χ2n) is 4.50. The normalized spacial score (nSPS) is 14.6. The maximum Gasteiger partial charge on any atom is 0.223 e. The summed E-state index contributed by atoms with van der Waals surface area (Å²) in [4.78, 5) is 11.7. The molecule has 1 atom stereocenters. The maximum atomic E-state index is 11.7. The zero-order valence-electron chi connectivity index (χ0n) is 10.0. The van der Waals surface area contributed by atoms with Crippen molar-refractivity contribution in [3.8, 4) is 0 Å². The molecule has 0 spiro atoms. The van der Waals surface area contributed by atoms with E-state index in [0.29, 0.717) is 0 Å². The van der Waals surface area contributed by atoms with Crippen LogP contribution in [0.4, 0.5) is 0 Å². The topological polar surface area (TPSA) is 49.3 Å². The van der Waals surface area contributed by atoms with Crippen LogP contribution >= 0.6 is 0 Å². The van der Waals surface area contributed by atoms with E-state index in [4.69, 9.17) is 0 Å². The molecule has 0 aliphatic carbocycles. The van der Waals surface area contributed by atoms with Crippen molar-refractivity contribution in [2.75, 3.05) is 6.61 Å². The highest BCUT2D eigenvalue weighted by molar-refractivity contribution is 5.78. The van der Waals surface area contributed by atoms with E-state index in [1.807, 2.05) is 51.1 Å². The van der Waals surface area contributed by atoms with Crippen LogP contribution in [-0.4, -0.2) is 17.6 Å². The van der Waals surface area contributed by atoms with Gasteiger partial charge in [0.25, 0.3) is 0 Å². The molecule has 3 heteroatoms. The number of amides is 1. The zero-order valence-corrected chi connectivity index (χ0v) is 10.0. The highest BCUT2D eigenvalue weighted by Crippen LogP contribution is 2.20. The lowest BCUT2D eigenvalue weighted by Crippen LogP contribution is -2.47. The quantitative estimate of drug-likeness (QED) is 0.812. The molecule has 0 aliphatic rings. The van der Waals surface area contributed by atoms with Gasteiger partial charge in [-0.2, -0.15) is 0 Å². The first-order valence-corrected chi connectivity index (χ1v) is 5.48. The number of carbonyl (C=O) groups is 1. The maximum absolute atomic E-state index is 11.7. The van der Waals surface area contributed by atoms with Crippen LogP contribution < -0.4 is 5.32 Å². The fraction of sp³-hybridized carbons (Fsp3) is 0.462. The van der Waals surface area contributed by atoms with Gasteiger partial charge in [0, 0.05) is 5.92 Å². The van der Waals surface area contributed by atoms with Crippen LogP contribution in [-0.2, 0) is 10.3 Å². The number of hydrogen-bond donors (Lipinski definition) is 2. The Morgan fingerprint density at radius 2 is 1.94 bits per heavy atom. The van der Waals surface area contributed by atoms with E-state index in [1.165, 1.54) is 0 Å². The van der Waals surface area contributed by atoms with Gasteiger partial charge in [-0.05, 0) is 12.5 Å². The van der Waals surface area contributed by atoms with Crippen molar-refractivity contribution in [1.29, 1.82) is 0 Å². The predicted octanol–water partition coefficient (Wildman–Crippen LogP) is 1.67. The lowest BCUT2D eigenvalue weighted by atomic mass is 9.92. The summed E-state index contributed by atoms with van der Waals surface area (Å²) >= 11 is 0. The largest absolute Gasteiger partial charge is 0.394 e. The van der Waals surface area contributed by atoms with Gasteiger partial charge in [0.1, 0.15) is 0 Å². The Bertz CT molecular complexity index is 348. The van der Waals surface area contributed by atoms with Gasteiger partial charge in [0.15, 0.2) is 0 Å². The number of aliphatic hydroxyl groups is 1. The first kappa shape index (κ1) is 12.7.